The summed E-state index contributed by atoms with van der Waals surface area (Å²) >= 11 is 0. The van der Waals surface area contributed by atoms with Crippen molar-refractivity contribution < 1.29 is 26.7 Å². The molecule has 0 aromatic heterocycles. The maximum Gasteiger partial charge on any atom is 0.304 e. The van der Waals surface area contributed by atoms with Crippen molar-refractivity contribution in [3.05, 3.63) is 0 Å². The predicted molar refractivity (Wildman–Crippen MR) is 66.9 cm³/mol. The summed E-state index contributed by atoms with van der Waals surface area (Å²) in [4.78, 5) is 10.4. The summed E-state index contributed by atoms with van der Waals surface area (Å²) in [6, 6.07) is 0. The van der Waals surface area contributed by atoms with E-state index in [9.17, 15) is 21.6 Å². The Hall–Kier alpha value is -0.630. The number of carbonyl (C=O) groups is 1. The quantitative estimate of drug-likeness (QED) is 0.779. The smallest absolute Gasteiger partial charge is 0.304 e. The molecule has 1 saturated carbocycles. The molecule has 2 unspecified atom stereocenters. The third kappa shape index (κ3) is 4.24. The van der Waals surface area contributed by atoms with Crippen molar-refractivity contribution in [2.45, 2.75) is 42.6 Å². The Bertz CT molecular complexity index is 504. The molecule has 0 saturated heterocycles. The van der Waals surface area contributed by atoms with Gasteiger partial charge in [0.15, 0.2) is 9.84 Å². The summed E-state index contributed by atoms with van der Waals surface area (Å²) in [5, 5.41) is 7.16. The monoisotopic (exact) mass is 298 g/mol. The molecule has 2 atom stereocenters. The third-order valence-electron chi connectivity index (χ3n) is 3.29. The summed E-state index contributed by atoms with van der Waals surface area (Å²) in [7, 11) is -6.75. The van der Waals surface area contributed by atoms with E-state index in [1.54, 1.807) is 0 Å². The molecule has 1 rings (SSSR count). The predicted octanol–water partition coefficient (Wildman–Crippen LogP) is 0.232. The lowest BCUT2D eigenvalue weighted by atomic mass is 10.00. The first-order chi connectivity index (χ1) is 8.13. The van der Waals surface area contributed by atoms with Gasteiger partial charge in [0.05, 0.1) is 22.7 Å². The van der Waals surface area contributed by atoms with Crippen LogP contribution in [0, 0.1) is 0 Å². The summed E-state index contributed by atoms with van der Waals surface area (Å²) in [5.74, 6) is -1.57. The van der Waals surface area contributed by atoms with Crippen LogP contribution in [0.25, 0.3) is 0 Å². The van der Waals surface area contributed by atoms with Crippen LogP contribution in [-0.2, 0) is 24.5 Å². The fourth-order valence-electron chi connectivity index (χ4n) is 2.21. The van der Waals surface area contributed by atoms with Crippen LogP contribution in [0.4, 0.5) is 0 Å². The topological polar surface area (TPSA) is 106 Å². The molecular weight excluding hydrogens is 280 g/mol. The van der Waals surface area contributed by atoms with Gasteiger partial charge in [-0.1, -0.05) is 6.42 Å². The van der Waals surface area contributed by atoms with Crippen molar-refractivity contribution >= 4 is 25.6 Å². The summed E-state index contributed by atoms with van der Waals surface area (Å²) in [5.41, 5.74) is 0. The Morgan fingerprint density at radius 3 is 2.22 bits per heavy atom. The molecule has 0 amide bonds. The maximum absolute atomic E-state index is 11.9. The van der Waals surface area contributed by atoms with E-state index in [2.05, 4.69) is 0 Å². The van der Waals surface area contributed by atoms with Gasteiger partial charge in [0, 0.05) is 6.26 Å². The van der Waals surface area contributed by atoms with Crippen LogP contribution in [0.1, 0.15) is 32.1 Å². The summed E-state index contributed by atoms with van der Waals surface area (Å²) in [6.45, 7) is 0. The van der Waals surface area contributed by atoms with Gasteiger partial charge >= 0.3 is 5.97 Å². The lowest BCUT2D eigenvalue weighted by Crippen LogP contribution is -2.36. The van der Waals surface area contributed by atoms with E-state index in [1.165, 1.54) is 0 Å². The standard InChI is InChI=1S/C10H18O6S2/c1-17(13,14)8-3-2-4-9(7-8)18(15,16)6-5-10(11)12/h8-9H,2-7H2,1H3,(H,11,12). The Labute approximate surface area is 107 Å². The van der Waals surface area contributed by atoms with Crippen LogP contribution in [0.3, 0.4) is 0 Å². The molecular formula is C10H18O6S2. The third-order valence-corrected chi connectivity index (χ3v) is 7.15. The second kappa shape index (κ2) is 5.56. The van der Waals surface area contributed by atoms with Gasteiger partial charge in [0.1, 0.15) is 9.84 Å². The van der Waals surface area contributed by atoms with E-state index in [0.29, 0.717) is 19.3 Å². The van der Waals surface area contributed by atoms with Crippen molar-refractivity contribution in [1.82, 2.24) is 0 Å². The van der Waals surface area contributed by atoms with Crippen molar-refractivity contribution in [3.8, 4) is 0 Å². The van der Waals surface area contributed by atoms with Gasteiger partial charge in [-0.2, -0.15) is 0 Å². The highest BCUT2D eigenvalue weighted by atomic mass is 32.2. The summed E-state index contributed by atoms with van der Waals surface area (Å²) < 4.78 is 46.7. The van der Waals surface area contributed by atoms with Gasteiger partial charge in [-0.05, 0) is 19.3 Å². The minimum absolute atomic E-state index is 0.0980. The first-order valence-electron chi connectivity index (χ1n) is 5.75. The Kier molecular flexibility index (Phi) is 4.77. The zero-order valence-electron chi connectivity index (χ0n) is 10.2. The van der Waals surface area contributed by atoms with Crippen LogP contribution in [0.2, 0.25) is 0 Å². The number of hydrogen-bond donors (Lipinski definition) is 1. The highest BCUT2D eigenvalue weighted by molar-refractivity contribution is 7.92. The molecule has 0 aromatic carbocycles. The fourth-order valence-corrected chi connectivity index (χ4v) is 5.36. The van der Waals surface area contributed by atoms with E-state index >= 15 is 0 Å². The largest absolute Gasteiger partial charge is 0.481 e. The average molecular weight is 298 g/mol. The minimum Gasteiger partial charge on any atom is -0.481 e. The number of rotatable bonds is 5. The van der Waals surface area contributed by atoms with Crippen molar-refractivity contribution in [2.75, 3.05) is 12.0 Å². The molecule has 0 radical (unpaired) electrons. The van der Waals surface area contributed by atoms with Crippen LogP contribution in [0.15, 0.2) is 0 Å². The van der Waals surface area contributed by atoms with Gasteiger partial charge in [-0.25, -0.2) is 16.8 Å². The molecule has 6 nitrogen and oxygen atoms in total. The zero-order valence-corrected chi connectivity index (χ0v) is 11.8. The SMILES string of the molecule is CS(=O)(=O)C1CCCC(S(=O)(=O)CCC(=O)O)C1. The Balaban J connectivity index is 2.75. The summed E-state index contributed by atoms with van der Waals surface area (Å²) in [6.07, 6.45) is 2.25. The molecule has 18 heavy (non-hydrogen) atoms. The molecule has 8 heteroatoms. The van der Waals surface area contributed by atoms with Crippen molar-refractivity contribution in [1.29, 1.82) is 0 Å². The molecule has 0 bridgehead atoms. The normalized spacial score (nSPS) is 25.8. The Morgan fingerprint density at radius 2 is 1.72 bits per heavy atom. The maximum atomic E-state index is 11.9. The van der Waals surface area contributed by atoms with Crippen LogP contribution in [0.5, 0.6) is 0 Å². The van der Waals surface area contributed by atoms with Crippen molar-refractivity contribution in [3.63, 3.8) is 0 Å². The number of carboxylic acid groups (broad SMARTS) is 1. The number of aliphatic carboxylic acids is 1. The first-order valence-corrected chi connectivity index (χ1v) is 9.42. The fraction of sp³-hybridized carbons (Fsp3) is 0.900. The second-order valence-corrected chi connectivity index (χ2v) is 9.48. The highest BCUT2D eigenvalue weighted by Gasteiger charge is 2.35. The van der Waals surface area contributed by atoms with E-state index in [1.807, 2.05) is 0 Å². The molecule has 1 aliphatic carbocycles. The van der Waals surface area contributed by atoms with E-state index < -0.39 is 48.3 Å². The molecule has 106 valence electrons. The van der Waals surface area contributed by atoms with Crippen LogP contribution >= 0.6 is 0 Å². The van der Waals surface area contributed by atoms with Gasteiger partial charge in [-0.3, -0.25) is 4.79 Å². The van der Waals surface area contributed by atoms with Crippen LogP contribution in [-0.4, -0.2) is 50.4 Å². The zero-order chi connectivity index (χ0) is 14.0. The number of carboxylic acids is 1. The van der Waals surface area contributed by atoms with Gasteiger partial charge in [-0.15, -0.1) is 0 Å². The number of hydrogen-bond acceptors (Lipinski definition) is 5. The minimum atomic E-state index is -3.52. The second-order valence-electron chi connectivity index (χ2n) is 4.75. The van der Waals surface area contributed by atoms with E-state index in [4.69, 9.17) is 5.11 Å². The Morgan fingerprint density at radius 1 is 1.17 bits per heavy atom. The molecule has 0 heterocycles. The molecule has 0 aromatic rings. The highest BCUT2D eigenvalue weighted by Crippen LogP contribution is 2.28. The molecule has 0 spiro atoms. The van der Waals surface area contributed by atoms with E-state index in [0.717, 1.165) is 6.26 Å². The molecule has 1 N–H and O–H groups in total. The molecule has 0 aliphatic heterocycles. The first kappa shape index (κ1) is 15.4. The number of sulfone groups is 2. The molecule has 1 fully saturated rings. The lowest BCUT2D eigenvalue weighted by molar-refractivity contribution is -0.136. The van der Waals surface area contributed by atoms with Gasteiger partial charge < -0.3 is 5.11 Å². The lowest BCUT2D eigenvalue weighted by Gasteiger charge is -2.27. The van der Waals surface area contributed by atoms with Gasteiger partial charge in [0.25, 0.3) is 0 Å². The average Bonchev–Trinajstić information content (AvgIpc) is 2.26. The van der Waals surface area contributed by atoms with Gasteiger partial charge in [0.2, 0.25) is 0 Å². The van der Waals surface area contributed by atoms with Crippen molar-refractivity contribution in [2.24, 2.45) is 0 Å². The van der Waals surface area contributed by atoms with Crippen LogP contribution < -0.4 is 0 Å². The molecule has 1 aliphatic rings. The van der Waals surface area contributed by atoms with E-state index in [-0.39, 0.29) is 6.42 Å².